The first-order chi connectivity index (χ1) is 20.7. The summed E-state index contributed by atoms with van der Waals surface area (Å²) >= 11 is 0. The van der Waals surface area contributed by atoms with Gasteiger partial charge >= 0.3 is 12.3 Å². The molecule has 2 atom stereocenters. The van der Waals surface area contributed by atoms with Crippen LogP contribution in [0.25, 0.3) is 0 Å². The maximum Gasteiger partial charge on any atom is 0.446 e. The number of carbonyl (C=O) groups excluding carboxylic acids is 3. The maximum atomic E-state index is 13.1. The fraction of sp³-hybridized carbons (Fsp3) is 0.484. The van der Waals surface area contributed by atoms with E-state index >= 15 is 0 Å². The number of nitrogens with zero attached hydrogens (tertiary/aromatic N) is 1. The second-order valence-corrected chi connectivity index (χ2v) is 10.4. The average Bonchev–Trinajstić information content (AvgIpc) is 3.36. The van der Waals surface area contributed by atoms with E-state index in [-0.39, 0.29) is 23.8 Å². The Balaban J connectivity index is 0.000000711. The van der Waals surface area contributed by atoms with Crippen LogP contribution in [0.1, 0.15) is 91.4 Å². The van der Waals surface area contributed by atoms with Crippen LogP contribution in [0, 0.1) is 23.3 Å². The number of ketones is 1. The Bertz CT molecular complexity index is 1280. The fourth-order valence-corrected chi connectivity index (χ4v) is 3.38. The number of hydrogen-bond donors (Lipinski definition) is 1. The van der Waals surface area contributed by atoms with Crippen LogP contribution in [-0.2, 0) is 9.53 Å². The first-order valence-corrected chi connectivity index (χ1v) is 13.5. The van der Waals surface area contributed by atoms with Gasteiger partial charge in [-0.15, -0.1) is 0 Å². The topological polar surface area (TPSA) is 84.8 Å². The molecule has 0 bridgehead atoms. The zero-order chi connectivity index (χ0) is 35.0. The van der Waals surface area contributed by atoms with Gasteiger partial charge < -0.3 is 10.1 Å². The molecule has 13 heteroatoms. The average molecular weight is 638 g/mol. The molecule has 1 heterocycles. The molecule has 44 heavy (non-hydrogen) atoms. The van der Waals surface area contributed by atoms with Crippen molar-refractivity contribution in [1.29, 1.82) is 0 Å². The van der Waals surface area contributed by atoms with Gasteiger partial charge in [-0.25, -0.2) is 22.4 Å². The quantitative estimate of drug-likeness (QED) is 0.195. The van der Waals surface area contributed by atoms with E-state index in [1.165, 1.54) is 12.1 Å². The van der Waals surface area contributed by atoms with E-state index in [0.717, 1.165) is 36.8 Å². The third-order valence-corrected chi connectivity index (χ3v) is 5.37. The molecule has 2 aromatic rings. The van der Waals surface area contributed by atoms with Crippen LogP contribution < -0.4 is 5.32 Å². The Labute approximate surface area is 254 Å². The number of amides is 1. The summed E-state index contributed by atoms with van der Waals surface area (Å²) in [6, 6.07) is 7.01. The minimum atomic E-state index is -4.64. The lowest BCUT2D eigenvalue weighted by Gasteiger charge is -2.21. The molecule has 6 nitrogen and oxygen atoms in total. The number of benzene rings is 2. The van der Waals surface area contributed by atoms with E-state index in [1.807, 2.05) is 6.92 Å². The molecule has 0 saturated heterocycles. The highest BCUT2D eigenvalue weighted by atomic mass is 19.4. The van der Waals surface area contributed by atoms with Crippen molar-refractivity contribution in [3.8, 4) is 0 Å². The van der Waals surface area contributed by atoms with E-state index < -0.39 is 47.4 Å². The van der Waals surface area contributed by atoms with Crippen LogP contribution in [-0.4, -0.2) is 47.7 Å². The monoisotopic (exact) mass is 637 g/mol. The molecule has 246 valence electrons. The molecule has 1 aliphatic heterocycles. The van der Waals surface area contributed by atoms with Gasteiger partial charge in [-0.3, -0.25) is 14.6 Å². The maximum absolute atomic E-state index is 13.1. The molecule has 1 amide bonds. The molecule has 3 rings (SSSR count). The van der Waals surface area contributed by atoms with Crippen LogP contribution >= 0.6 is 0 Å². The van der Waals surface area contributed by atoms with Crippen LogP contribution in [0.5, 0.6) is 0 Å². The van der Waals surface area contributed by atoms with Crippen molar-refractivity contribution in [2.24, 2.45) is 4.99 Å². The molecule has 0 fully saturated rings. The second kappa shape index (κ2) is 18.8. The summed E-state index contributed by atoms with van der Waals surface area (Å²) in [6.45, 7) is 11.3. The standard InChI is InChI=1S/C16H21F2NO3.C11H11F2N.C2HF3O.C2H6/c1-10(19-15(21)22-16(2,3)4)5-8-14(20)11-6-7-12(17)13(18)9-11;1-7-2-5-11(14-7)8-3-4-9(12)10(13)6-8;3-2(4,5)1-6;1-2/h6-7,9-10H,5,8H2,1-4H3,(H,19,21);3-4,6-7H,2,5H2,1H3;1H;1-2H3/t10-;7-;;/m00../s1/i;;;1D. The number of rotatable bonds is 6. The van der Waals surface area contributed by atoms with Gasteiger partial charge in [-0.2, -0.15) is 13.2 Å². The fourth-order valence-electron chi connectivity index (χ4n) is 3.38. The molecule has 0 unspecified atom stereocenters. The van der Waals surface area contributed by atoms with Crippen LogP contribution in [0.3, 0.4) is 0 Å². The van der Waals surface area contributed by atoms with Gasteiger partial charge in [0, 0.05) is 31.2 Å². The molecule has 1 N–H and O–H groups in total. The zero-order valence-corrected chi connectivity index (χ0v) is 25.5. The van der Waals surface area contributed by atoms with Crippen molar-refractivity contribution in [2.45, 2.75) is 98.0 Å². The van der Waals surface area contributed by atoms with Crippen LogP contribution in [0.4, 0.5) is 35.5 Å². The normalized spacial score (nSPS) is 15.0. The number of aldehydes is 1. The molecular formula is C31H39F7N2O4. The summed E-state index contributed by atoms with van der Waals surface area (Å²) in [5.74, 6) is -3.95. The van der Waals surface area contributed by atoms with Crippen molar-refractivity contribution in [3.63, 3.8) is 0 Å². The highest BCUT2D eigenvalue weighted by molar-refractivity contribution is 6.01. The molecule has 1 aliphatic rings. The summed E-state index contributed by atoms with van der Waals surface area (Å²) in [5, 5.41) is 2.62. The number of Topliss-reactive ketones (excluding diaryl/α,β-unsaturated/α-hetero) is 1. The van der Waals surface area contributed by atoms with E-state index in [9.17, 15) is 40.3 Å². The predicted octanol–water partition coefficient (Wildman–Crippen LogP) is 8.55. The third-order valence-electron chi connectivity index (χ3n) is 5.37. The smallest absolute Gasteiger partial charge is 0.444 e. The Morgan fingerprint density at radius 2 is 1.57 bits per heavy atom. The van der Waals surface area contributed by atoms with Gasteiger partial charge in [0.1, 0.15) is 5.60 Å². The number of halogens is 7. The summed E-state index contributed by atoms with van der Waals surface area (Å²) in [7, 11) is 0. The third kappa shape index (κ3) is 16.8. The Kier molecular flexibility index (Phi) is 16.3. The molecule has 0 saturated carbocycles. The first-order valence-electron chi connectivity index (χ1n) is 14.3. The van der Waals surface area contributed by atoms with E-state index in [4.69, 9.17) is 10.9 Å². The molecule has 0 radical (unpaired) electrons. The predicted molar refractivity (Wildman–Crippen MR) is 154 cm³/mol. The molecule has 0 aliphatic carbocycles. The molecule has 0 aromatic heterocycles. The van der Waals surface area contributed by atoms with Gasteiger partial charge in [0.25, 0.3) is 0 Å². The number of nitrogens with one attached hydrogen (secondary N) is 1. The van der Waals surface area contributed by atoms with Gasteiger partial charge in [0.15, 0.2) is 29.1 Å². The summed E-state index contributed by atoms with van der Waals surface area (Å²) in [6.07, 6.45) is -3.92. The Morgan fingerprint density at radius 3 is 2.00 bits per heavy atom. The number of alkyl halides is 3. The van der Waals surface area contributed by atoms with Crippen molar-refractivity contribution in [2.75, 3.05) is 0 Å². The summed E-state index contributed by atoms with van der Waals surface area (Å²) < 4.78 is 94.0. The van der Waals surface area contributed by atoms with Gasteiger partial charge in [-0.05, 0) is 89.8 Å². The Morgan fingerprint density at radius 1 is 1.05 bits per heavy atom. The van der Waals surface area contributed by atoms with E-state index in [0.29, 0.717) is 24.9 Å². The van der Waals surface area contributed by atoms with E-state index in [2.05, 4.69) is 10.3 Å². The van der Waals surface area contributed by atoms with Gasteiger partial charge in [0.2, 0.25) is 6.29 Å². The molecule has 0 spiro atoms. The van der Waals surface area contributed by atoms with Crippen molar-refractivity contribution < 1.29 is 51.2 Å². The number of alkyl carbamates (subject to hydrolysis) is 1. The van der Waals surface area contributed by atoms with Gasteiger partial charge in [0.05, 0.1) is 0 Å². The highest BCUT2D eigenvalue weighted by Gasteiger charge is 2.25. The molecular weight excluding hydrogens is 597 g/mol. The number of carbonyl (C=O) groups is 3. The lowest BCUT2D eigenvalue weighted by Crippen LogP contribution is -2.37. The van der Waals surface area contributed by atoms with Crippen LogP contribution in [0.2, 0.25) is 0 Å². The largest absolute Gasteiger partial charge is 0.446 e. The highest BCUT2D eigenvalue weighted by Crippen LogP contribution is 2.19. The van der Waals surface area contributed by atoms with Crippen molar-refractivity contribution in [1.82, 2.24) is 5.32 Å². The van der Waals surface area contributed by atoms with Crippen molar-refractivity contribution >= 4 is 23.9 Å². The second-order valence-electron chi connectivity index (χ2n) is 10.4. The van der Waals surface area contributed by atoms with Crippen molar-refractivity contribution in [3.05, 3.63) is 70.8 Å². The minimum absolute atomic E-state index is 0.113. The first kappa shape index (κ1) is 38.3. The summed E-state index contributed by atoms with van der Waals surface area (Å²) in [4.78, 5) is 36.5. The lowest BCUT2D eigenvalue weighted by atomic mass is 10.0. The van der Waals surface area contributed by atoms with Crippen LogP contribution in [0.15, 0.2) is 41.4 Å². The number of aliphatic imine (C=N–C) groups is 1. The SMILES string of the molecule is C[C@@H](CCC(=O)c1ccc(F)c(F)c1)NC(=O)OC(C)(C)C.C[C@H]1CCC(c2ccc(F)c(F)c2)=N1.O=CC(F)(F)F.[2H]CC. The number of ether oxygens (including phenoxy) is 1. The Hall–Kier alpha value is -3.77. The minimum Gasteiger partial charge on any atom is -0.444 e. The number of hydrogen-bond acceptors (Lipinski definition) is 5. The molecule has 2 aromatic carbocycles. The van der Waals surface area contributed by atoms with E-state index in [1.54, 1.807) is 40.7 Å². The lowest BCUT2D eigenvalue weighted by molar-refractivity contribution is -0.156. The summed E-state index contributed by atoms with van der Waals surface area (Å²) in [5.41, 5.74) is 1.11. The van der Waals surface area contributed by atoms with Gasteiger partial charge in [-0.1, -0.05) is 19.9 Å². The zero-order valence-electron chi connectivity index (χ0n) is 26.5.